The maximum atomic E-state index is 13.7. The maximum Gasteiger partial charge on any atom is 0.123 e. The topological polar surface area (TPSA) is 65.9 Å². The van der Waals surface area contributed by atoms with Crippen LogP contribution in [0, 0.1) is 11.6 Å². The second kappa shape index (κ2) is 6.57. The zero-order valence-corrected chi connectivity index (χ0v) is 13.8. The van der Waals surface area contributed by atoms with Crippen LogP contribution < -0.4 is 5.11 Å². The van der Waals surface area contributed by atoms with Gasteiger partial charge in [0.15, 0.2) is 0 Å². The molecule has 0 saturated carbocycles. The van der Waals surface area contributed by atoms with E-state index in [0.717, 1.165) is 0 Å². The first-order chi connectivity index (χ1) is 13.0. The monoisotopic (exact) mass is 361 g/mol. The van der Waals surface area contributed by atoms with E-state index in [1.165, 1.54) is 48.5 Å². The van der Waals surface area contributed by atoms with Gasteiger partial charge in [0.1, 0.15) is 11.6 Å². The van der Waals surface area contributed by atoms with Crippen LogP contribution in [-0.2, 0) is 0 Å². The summed E-state index contributed by atoms with van der Waals surface area (Å²) in [6.07, 6.45) is 0. The quantitative estimate of drug-likeness (QED) is 0.559. The van der Waals surface area contributed by atoms with Crippen molar-refractivity contribution in [3.8, 4) is 22.5 Å². The fourth-order valence-electron chi connectivity index (χ4n) is 2.86. The van der Waals surface area contributed by atoms with E-state index in [2.05, 4.69) is 9.97 Å². The molecule has 6 heteroatoms. The van der Waals surface area contributed by atoms with Gasteiger partial charge in [0, 0.05) is 11.1 Å². The Balaban J connectivity index is 2.03. The molecular formula is C21H11F2N2O2-. The third-order valence-corrected chi connectivity index (χ3v) is 4.10. The van der Waals surface area contributed by atoms with E-state index in [-0.39, 0.29) is 5.56 Å². The van der Waals surface area contributed by atoms with E-state index in [4.69, 9.17) is 0 Å². The summed E-state index contributed by atoms with van der Waals surface area (Å²) < 4.78 is 27.5. The van der Waals surface area contributed by atoms with Gasteiger partial charge in [-0.3, -0.25) is 0 Å². The fraction of sp³-hybridized carbons (Fsp3) is 0. The Labute approximate surface area is 152 Å². The fourth-order valence-corrected chi connectivity index (χ4v) is 2.86. The average molecular weight is 361 g/mol. The van der Waals surface area contributed by atoms with Gasteiger partial charge in [0.2, 0.25) is 0 Å². The molecule has 1 heterocycles. The Morgan fingerprint density at radius 2 is 1.30 bits per heavy atom. The van der Waals surface area contributed by atoms with Gasteiger partial charge in [0.25, 0.3) is 0 Å². The van der Waals surface area contributed by atoms with E-state index in [9.17, 15) is 18.7 Å². The molecule has 0 aliphatic carbocycles. The highest BCUT2D eigenvalue weighted by Crippen LogP contribution is 2.31. The van der Waals surface area contributed by atoms with Crippen LogP contribution in [0.2, 0.25) is 0 Å². The van der Waals surface area contributed by atoms with Crippen LogP contribution in [0.5, 0.6) is 0 Å². The molecule has 132 valence electrons. The summed E-state index contributed by atoms with van der Waals surface area (Å²) in [5.74, 6) is -2.23. The average Bonchev–Trinajstić information content (AvgIpc) is 2.66. The zero-order chi connectivity index (χ0) is 19.0. The lowest BCUT2D eigenvalue weighted by Gasteiger charge is -2.12. The van der Waals surface area contributed by atoms with Crippen LogP contribution in [-0.4, -0.2) is 15.9 Å². The van der Waals surface area contributed by atoms with Gasteiger partial charge in [-0.05, 0) is 42.0 Å². The predicted molar refractivity (Wildman–Crippen MR) is 94.7 cm³/mol. The molecule has 4 aromatic rings. The summed E-state index contributed by atoms with van der Waals surface area (Å²) in [7, 11) is 0. The first kappa shape index (κ1) is 16.8. The lowest BCUT2D eigenvalue weighted by Crippen LogP contribution is -2.22. The summed E-state index contributed by atoms with van der Waals surface area (Å²) >= 11 is 0. The van der Waals surface area contributed by atoms with E-state index < -0.39 is 17.6 Å². The van der Waals surface area contributed by atoms with Gasteiger partial charge in [-0.2, -0.15) is 0 Å². The summed E-state index contributed by atoms with van der Waals surface area (Å²) in [5, 5.41) is 11.1. The lowest BCUT2D eigenvalue weighted by molar-refractivity contribution is -0.255. The van der Waals surface area contributed by atoms with Gasteiger partial charge in [-0.15, -0.1) is 0 Å². The summed E-state index contributed by atoms with van der Waals surface area (Å²) in [4.78, 5) is 20.1. The smallest absolute Gasteiger partial charge is 0.123 e. The van der Waals surface area contributed by atoms with Crippen molar-refractivity contribution in [3.05, 3.63) is 83.9 Å². The van der Waals surface area contributed by atoms with Crippen LogP contribution in [0.15, 0.2) is 66.7 Å². The molecule has 0 aliphatic heterocycles. The Bertz CT molecular complexity index is 1190. The van der Waals surface area contributed by atoms with Crippen LogP contribution in [0.1, 0.15) is 10.4 Å². The van der Waals surface area contributed by atoms with Crippen molar-refractivity contribution in [2.75, 3.05) is 0 Å². The number of aromatic carboxylic acids is 1. The molecule has 4 nitrogen and oxygen atoms in total. The molecule has 0 unspecified atom stereocenters. The number of carbonyl (C=O) groups excluding carboxylic acids is 1. The molecule has 0 bridgehead atoms. The number of aromatic nitrogens is 2. The number of carboxylic acid groups (broad SMARTS) is 1. The molecule has 4 rings (SSSR count). The van der Waals surface area contributed by atoms with Gasteiger partial charge in [-0.25, -0.2) is 18.7 Å². The molecule has 0 fully saturated rings. The molecule has 0 spiro atoms. The normalized spacial score (nSPS) is 10.9. The van der Waals surface area contributed by atoms with Crippen LogP contribution >= 0.6 is 0 Å². The molecule has 0 saturated heterocycles. The van der Waals surface area contributed by atoms with E-state index >= 15 is 0 Å². The van der Waals surface area contributed by atoms with Crippen molar-refractivity contribution >= 4 is 17.0 Å². The Morgan fingerprint density at radius 3 is 1.81 bits per heavy atom. The molecular weight excluding hydrogens is 350 g/mol. The van der Waals surface area contributed by atoms with Crippen LogP contribution in [0.4, 0.5) is 8.78 Å². The maximum absolute atomic E-state index is 13.7. The molecule has 0 N–H and O–H groups in total. The van der Waals surface area contributed by atoms with E-state index in [0.29, 0.717) is 33.5 Å². The van der Waals surface area contributed by atoms with Crippen molar-refractivity contribution in [1.29, 1.82) is 0 Å². The third kappa shape index (κ3) is 3.25. The standard InChI is InChI=1S/C21H12F2N2O2/c22-15-5-1-3-12(9-15)19-20(13-4-2-6-16(23)10-13)25-18-11-14(21(26)27)7-8-17(18)24-19/h1-11H,(H,26,27)/p-1. The Morgan fingerprint density at radius 1 is 0.741 bits per heavy atom. The van der Waals surface area contributed by atoms with E-state index in [1.54, 1.807) is 18.2 Å². The number of halogens is 2. The number of carbonyl (C=O) groups is 1. The Kier molecular flexibility index (Phi) is 4.08. The summed E-state index contributed by atoms with van der Waals surface area (Å²) in [6, 6.07) is 15.8. The highest BCUT2D eigenvalue weighted by atomic mass is 19.1. The minimum absolute atomic E-state index is 0.0412. The summed E-state index contributed by atoms with van der Waals surface area (Å²) in [6.45, 7) is 0. The van der Waals surface area contributed by atoms with Crippen LogP contribution in [0.25, 0.3) is 33.5 Å². The van der Waals surface area contributed by atoms with Crippen molar-refractivity contribution in [2.24, 2.45) is 0 Å². The van der Waals surface area contributed by atoms with Gasteiger partial charge in [-0.1, -0.05) is 30.3 Å². The minimum atomic E-state index is -1.33. The third-order valence-electron chi connectivity index (χ3n) is 4.10. The number of rotatable bonds is 3. The molecule has 0 amide bonds. The summed E-state index contributed by atoms with van der Waals surface area (Å²) in [5.41, 5.74) is 2.32. The molecule has 0 aliphatic rings. The molecule has 1 aromatic heterocycles. The first-order valence-corrected chi connectivity index (χ1v) is 8.06. The highest BCUT2D eigenvalue weighted by Gasteiger charge is 2.15. The number of nitrogens with zero attached hydrogens (tertiary/aromatic N) is 2. The van der Waals surface area contributed by atoms with Crippen molar-refractivity contribution in [2.45, 2.75) is 0 Å². The van der Waals surface area contributed by atoms with Crippen LogP contribution in [0.3, 0.4) is 0 Å². The number of benzene rings is 3. The van der Waals surface area contributed by atoms with E-state index in [1.807, 2.05) is 0 Å². The van der Waals surface area contributed by atoms with Gasteiger partial charge >= 0.3 is 0 Å². The Hall–Kier alpha value is -3.67. The first-order valence-electron chi connectivity index (χ1n) is 8.06. The van der Waals surface area contributed by atoms with Crippen molar-refractivity contribution in [3.63, 3.8) is 0 Å². The van der Waals surface area contributed by atoms with Crippen molar-refractivity contribution in [1.82, 2.24) is 9.97 Å². The minimum Gasteiger partial charge on any atom is -0.545 e. The molecule has 3 aromatic carbocycles. The number of carboxylic acids is 1. The second-order valence-corrected chi connectivity index (χ2v) is 5.93. The predicted octanol–water partition coefficient (Wildman–Crippen LogP) is 3.61. The van der Waals surface area contributed by atoms with Crippen molar-refractivity contribution < 1.29 is 18.7 Å². The number of hydrogen-bond donors (Lipinski definition) is 0. The lowest BCUT2D eigenvalue weighted by atomic mass is 10.0. The molecule has 0 radical (unpaired) electrons. The SMILES string of the molecule is O=C([O-])c1ccc2nc(-c3cccc(F)c3)c(-c3cccc(F)c3)nc2c1. The van der Waals surface area contributed by atoms with Gasteiger partial charge in [0.05, 0.1) is 28.4 Å². The highest BCUT2D eigenvalue weighted by molar-refractivity contribution is 5.93. The second-order valence-electron chi connectivity index (χ2n) is 5.93. The molecule has 27 heavy (non-hydrogen) atoms. The largest absolute Gasteiger partial charge is 0.545 e. The zero-order valence-electron chi connectivity index (χ0n) is 13.8. The van der Waals surface area contributed by atoms with Gasteiger partial charge < -0.3 is 9.90 Å². The molecule has 0 atom stereocenters. The number of hydrogen-bond acceptors (Lipinski definition) is 4. The number of fused-ring (bicyclic) bond motifs is 1.